The number of rotatable bonds is 7. The molecule has 0 aliphatic carbocycles. The minimum absolute atomic E-state index is 0.0797. The number of para-hydroxylation sites is 1. The summed E-state index contributed by atoms with van der Waals surface area (Å²) in [6.45, 7) is 2.48. The van der Waals surface area contributed by atoms with Crippen LogP contribution < -0.4 is 9.62 Å². The number of amides is 1. The summed E-state index contributed by atoms with van der Waals surface area (Å²) in [5.74, 6) is -0.297. The van der Waals surface area contributed by atoms with Crippen molar-refractivity contribution in [3.05, 3.63) is 96.1 Å². The number of nitrogens with one attached hydrogen (secondary N) is 1. The number of hydrogen-bond donors (Lipinski definition) is 1. The van der Waals surface area contributed by atoms with Crippen molar-refractivity contribution in [3.63, 3.8) is 0 Å². The molecule has 0 saturated carbocycles. The van der Waals surface area contributed by atoms with Crippen LogP contribution in [0.15, 0.2) is 89.8 Å². The van der Waals surface area contributed by atoms with Crippen LogP contribution in [0.4, 0.5) is 5.69 Å². The number of carbonyl (C=O) groups excluding carboxylic acids is 1. The molecule has 3 rings (SSSR count). The van der Waals surface area contributed by atoms with Crippen molar-refractivity contribution >= 4 is 21.6 Å². The average molecular weight is 394 g/mol. The molecule has 3 aromatic rings. The summed E-state index contributed by atoms with van der Waals surface area (Å²) in [5, 5.41) is 2.69. The molecule has 0 heterocycles. The van der Waals surface area contributed by atoms with Crippen molar-refractivity contribution in [2.75, 3.05) is 10.8 Å². The molecule has 0 saturated heterocycles. The van der Waals surface area contributed by atoms with Crippen LogP contribution in [-0.2, 0) is 16.6 Å². The summed E-state index contributed by atoms with van der Waals surface area (Å²) < 4.78 is 28.3. The normalized spacial score (nSPS) is 11.0. The van der Waals surface area contributed by atoms with Gasteiger partial charge in [-0.3, -0.25) is 9.10 Å². The third kappa shape index (κ3) is 4.40. The van der Waals surface area contributed by atoms with Gasteiger partial charge in [0.25, 0.3) is 15.9 Å². The summed E-state index contributed by atoms with van der Waals surface area (Å²) in [6, 6.07) is 24.5. The Morgan fingerprint density at radius 1 is 0.893 bits per heavy atom. The second-order valence-electron chi connectivity index (χ2n) is 6.22. The highest BCUT2D eigenvalue weighted by Crippen LogP contribution is 2.26. The lowest BCUT2D eigenvalue weighted by Crippen LogP contribution is -2.31. The van der Waals surface area contributed by atoms with Crippen molar-refractivity contribution in [1.29, 1.82) is 0 Å². The van der Waals surface area contributed by atoms with Crippen LogP contribution in [0.3, 0.4) is 0 Å². The molecule has 1 amide bonds. The van der Waals surface area contributed by atoms with E-state index in [0.717, 1.165) is 5.56 Å². The summed E-state index contributed by atoms with van der Waals surface area (Å²) in [6.07, 6.45) is 0. The fourth-order valence-electron chi connectivity index (χ4n) is 2.85. The molecule has 0 aliphatic rings. The van der Waals surface area contributed by atoms with Gasteiger partial charge in [-0.2, -0.15) is 0 Å². The summed E-state index contributed by atoms with van der Waals surface area (Å²) >= 11 is 0. The quantitative estimate of drug-likeness (QED) is 0.662. The van der Waals surface area contributed by atoms with Gasteiger partial charge in [-0.15, -0.1) is 0 Å². The number of hydrogen-bond acceptors (Lipinski definition) is 3. The molecular weight excluding hydrogens is 372 g/mol. The molecule has 0 aliphatic heterocycles. The maximum absolute atomic E-state index is 13.5. The predicted molar refractivity (Wildman–Crippen MR) is 111 cm³/mol. The van der Waals surface area contributed by atoms with Crippen LogP contribution in [0.1, 0.15) is 22.8 Å². The van der Waals surface area contributed by atoms with Gasteiger partial charge in [0.1, 0.15) is 0 Å². The second kappa shape index (κ2) is 8.71. The maximum atomic E-state index is 13.5. The lowest BCUT2D eigenvalue weighted by molar-refractivity contribution is 0.0955. The first kappa shape index (κ1) is 19.6. The molecule has 5 nitrogen and oxygen atoms in total. The van der Waals surface area contributed by atoms with Gasteiger partial charge in [0.15, 0.2) is 0 Å². The average Bonchev–Trinajstić information content (AvgIpc) is 2.73. The molecular formula is C22H22N2O3S. The SMILES string of the molecule is CCNC(=O)c1cccc(S(=O)(=O)N(Cc2ccccc2)c2ccccc2)c1. The first-order chi connectivity index (χ1) is 13.5. The first-order valence-corrected chi connectivity index (χ1v) is 10.5. The van der Waals surface area contributed by atoms with E-state index >= 15 is 0 Å². The Morgan fingerprint density at radius 3 is 2.18 bits per heavy atom. The van der Waals surface area contributed by atoms with Gasteiger partial charge in [-0.25, -0.2) is 8.42 Å². The molecule has 1 N–H and O–H groups in total. The monoisotopic (exact) mass is 394 g/mol. The van der Waals surface area contributed by atoms with E-state index in [4.69, 9.17) is 0 Å². The lowest BCUT2D eigenvalue weighted by atomic mass is 10.2. The van der Waals surface area contributed by atoms with Gasteiger partial charge in [-0.05, 0) is 42.8 Å². The number of nitrogens with zero attached hydrogens (tertiary/aromatic N) is 1. The van der Waals surface area contributed by atoms with E-state index in [0.29, 0.717) is 17.8 Å². The van der Waals surface area contributed by atoms with E-state index in [2.05, 4.69) is 5.32 Å². The van der Waals surface area contributed by atoms with Crippen LogP contribution in [0, 0.1) is 0 Å². The van der Waals surface area contributed by atoms with Crippen LogP contribution >= 0.6 is 0 Å². The Hall–Kier alpha value is -3.12. The van der Waals surface area contributed by atoms with Gasteiger partial charge < -0.3 is 5.32 Å². The zero-order valence-corrected chi connectivity index (χ0v) is 16.4. The minimum atomic E-state index is -3.87. The third-order valence-electron chi connectivity index (χ3n) is 4.23. The Bertz CT molecular complexity index is 1040. The molecule has 0 fully saturated rings. The van der Waals surface area contributed by atoms with Crippen LogP contribution in [0.25, 0.3) is 0 Å². The Balaban J connectivity index is 2.03. The zero-order chi connectivity index (χ0) is 20.0. The van der Waals surface area contributed by atoms with E-state index in [1.54, 1.807) is 36.4 Å². The number of carbonyl (C=O) groups is 1. The van der Waals surface area contributed by atoms with Gasteiger partial charge in [0.05, 0.1) is 17.1 Å². The molecule has 0 atom stereocenters. The van der Waals surface area contributed by atoms with Crippen molar-refractivity contribution in [2.24, 2.45) is 0 Å². The lowest BCUT2D eigenvalue weighted by Gasteiger charge is -2.25. The zero-order valence-electron chi connectivity index (χ0n) is 15.6. The molecule has 3 aromatic carbocycles. The van der Waals surface area contributed by atoms with E-state index in [9.17, 15) is 13.2 Å². The topological polar surface area (TPSA) is 66.5 Å². The highest BCUT2D eigenvalue weighted by atomic mass is 32.2. The first-order valence-electron chi connectivity index (χ1n) is 9.02. The number of sulfonamides is 1. The van der Waals surface area contributed by atoms with Gasteiger partial charge in [0, 0.05) is 12.1 Å². The molecule has 0 bridgehead atoms. The number of anilines is 1. The largest absolute Gasteiger partial charge is 0.352 e. The smallest absolute Gasteiger partial charge is 0.264 e. The Kier molecular flexibility index (Phi) is 6.11. The van der Waals surface area contributed by atoms with Crippen molar-refractivity contribution in [2.45, 2.75) is 18.4 Å². The van der Waals surface area contributed by atoms with Gasteiger partial charge in [-0.1, -0.05) is 54.6 Å². The van der Waals surface area contributed by atoms with Gasteiger partial charge in [0.2, 0.25) is 0 Å². The fourth-order valence-corrected chi connectivity index (χ4v) is 4.35. The van der Waals surface area contributed by atoms with Crippen molar-refractivity contribution in [1.82, 2.24) is 5.32 Å². The highest BCUT2D eigenvalue weighted by Gasteiger charge is 2.26. The molecule has 0 unspecified atom stereocenters. The van der Waals surface area contributed by atoms with Crippen molar-refractivity contribution in [3.8, 4) is 0 Å². The molecule has 0 aromatic heterocycles. The van der Waals surface area contributed by atoms with Crippen LogP contribution in [0.5, 0.6) is 0 Å². The predicted octanol–water partition coefficient (Wildman–Crippen LogP) is 3.83. The summed E-state index contributed by atoms with van der Waals surface area (Å²) in [7, 11) is -3.87. The summed E-state index contributed by atoms with van der Waals surface area (Å²) in [5.41, 5.74) is 1.75. The minimum Gasteiger partial charge on any atom is -0.352 e. The van der Waals surface area contributed by atoms with Crippen LogP contribution in [-0.4, -0.2) is 20.9 Å². The maximum Gasteiger partial charge on any atom is 0.264 e. The van der Waals surface area contributed by atoms with E-state index in [1.807, 2.05) is 43.3 Å². The molecule has 144 valence electrons. The number of benzene rings is 3. The Morgan fingerprint density at radius 2 is 1.54 bits per heavy atom. The molecule has 6 heteroatoms. The summed E-state index contributed by atoms with van der Waals surface area (Å²) in [4.78, 5) is 12.2. The highest BCUT2D eigenvalue weighted by molar-refractivity contribution is 7.92. The Labute approximate surface area is 165 Å². The fraction of sp³-hybridized carbons (Fsp3) is 0.136. The van der Waals surface area contributed by atoms with E-state index < -0.39 is 10.0 Å². The molecule has 0 radical (unpaired) electrons. The van der Waals surface area contributed by atoms with E-state index in [1.165, 1.54) is 16.4 Å². The molecule has 28 heavy (non-hydrogen) atoms. The van der Waals surface area contributed by atoms with Crippen LogP contribution in [0.2, 0.25) is 0 Å². The molecule has 0 spiro atoms. The van der Waals surface area contributed by atoms with Crippen molar-refractivity contribution < 1.29 is 13.2 Å². The third-order valence-corrected chi connectivity index (χ3v) is 6.00. The second-order valence-corrected chi connectivity index (χ2v) is 8.08. The van der Waals surface area contributed by atoms with Gasteiger partial charge >= 0.3 is 0 Å². The standard InChI is InChI=1S/C22H22N2O3S/c1-2-23-22(25)19-12-9-15-21(16-19)28(26,27)24(20-13-7-4-8-14-20)17-18-10-5-3-6-11-18/h3-16H,2,17H2,1H3,(H,23,25). The van der Waals surface area contributed by atoms with E-state index in [-0.39, 0.29) is 17.3 Å².